The maximum atomic E-state index is 14.5. The van der Waals surface area contributed by atoms with E-state index < -0.39 is 71.5 Å². The van der Waals surface area contributed by atoms with Gasteiger partial charge in [-0.05, 0) is 78.3 Å². The van der Waals surface area contributed by atoms with Gasteiger partial charge in [-0.2, -0.15) is 0 Å². The number of benzene rings is 1. The standard InChI is InChI=1S/C47H71N7O11/c1-11-36-47(8)41-29(4)38(48-20-22-54(41)45(59)65-47)27(2)24-46(7,61-10)42(30(5)39(56)31(6)43(58)63-36)64-44-40(57)35(23-28(3)62-44)52(9)25-32-16-18-33(19-17-32)34-26-53(51-49-34)21-14-12-13-15-37(55)50-60/h16-19,26-31,35-36,40-42,44,57,60H,11-15,20-25H2,1-10H3,(H,50,55)/t27-,28-,29+,30+,31-,35+,36-,40-,41-,42-,44+,46+,47-/m1/s1. The van der Waals surface area contributed by atoms with E-state index in [0.717, 1.165) is 35.4 Å². The average Bonchev–Trinajstić information content (AvgIpc) is 3.80. The number of hydrogen-bond acceptors (Lipinski definition) is 15. The van der Waals surface area contributed by atoms with Crippen molar-refractivity contribution in [3.05, 3.63) is 36.0 Å². The van der Waals surface area contributed by atoms with Crippen molar-refractivity contribution in [1.29, 1.82) is 0 Å². The normalized spacial score (nSPS) is 34.7. The van der Waals surface area contributed by atoms with Crippen LogP contribution in [0, 0.1) is 23.7 Å². The number of Topliss-reactive ketones (excluding diaryl/α,β-unsaturated/α-hetero) is 1. The Morgan fingerprint density at radius 3 is 2.45 bits per heavy atom. The second-order valence-corrected chi connectivity index (χ2v) is 19.1. The Morgan fingerprint density at radius 1 is 1.05 bits per heavy atom. The van der Waals surface area contributed by atoms with Gasteiger partial charge < -0.3 is 28.8 Å². The monoisotopic (exact) mass is 910 g/mol. The van der Waals surface area contributed by atoms with Gasteiger partial charge in [-0.1, -0.05) is 63.6 Å². The van der Waals surface area contributed by atoms with Crippen LogP contribution in [0.5, 0.6) is 0 Å². The summed E-state index contributed by atoms with van der Waals surface area (Å²) in [5.74, 6) is -4.10. The van der Waals surface area contributed by atoms with Gasteiger partial charge in [0.1, 0.15) is 23.8 Å². The molecular formula is C47H71N7O11. The number of unbranched alkanes of at least 4 members (excludes halogenated alkanes) is 2. The fraction of sp³-hybridized carbons (Fsp3) is 0.723. The molecule has 2 amide bonds. The molecule has 360 valence electrons. The minimum atomic E-state index is -1.19. The fourth-order valence-electron chi connectivity index (χ4n) is 10.7. The highest BCUT2D eigenvalue weighted by molar-refractivity contribution is 6.00. The molecule has 65 heavy (non-hydrogen) atoms. The number of aliphatic hydroxyl groups is 1. The van der Waals surface area contributed by atoms with Gasteiger partial charge in [0.2, 0.25) is 5.91 Å². The predicted molar refractivity (Wildman–Crippen MR) is 238 cm³/mol. The van der Waals surface area contributed by atoms with E-state index in [0.29, 0.717) is 51.9 Å². The van der Waals surface area contributed by atoms with Crippen LogP contribution in [0.15, 0.2) is 35.5 Å². The van der Waals surface area contributed by atoms with Crippen molar-refractivity contribution in [2.45, 2.75) is 167 Å². The number of aromatic nitrogens is 3. The largest absolute Gasteiger partial charge is 0.458 e. The fourth-order valence-corrected chi connectivity index (χ4v) is 10.7. The van der Waals surface area contributed by atoms with Crippen LogP contribution in [-0.2, 0) is 51.2 Å². The van der Waals surface area contributed by atoms with Crippen molar-refractivity contribution in [3.63, 3.8) is 0 Å². The zero-order valence-corrected chi connectivity index (χ0v) is 39.8. The van der Waals surface area contributed by atoms with E-state index in [1.165, 1.54) is 6.92 Å². The molecule has 2 aromatic rings. The number of ketones is 1. The molecule has 4 aliphatic rings. The van der Waals surface area contributed by atoms with E-state index in [1.54, 1.807) is 29.1 Å². The number of aryl methyl sites for hydroxylation is 1. The van der Waals surface area contributed by atoms with Crippen LogP contribution in [0.2, 0.25) is 0 Å². The Balaban J connectivity index is 1.19. The Kier molecular flexibility index (Phi) is 16.3. The van der Waals surface area contributed by atoms with Crippen LogP contribution >= 0.6 is 0 Å². The number of cyclic esters (lactones) is 1. The Labute approximate surface area is 382 Å². The van der Waals surface area contributed by atoms with Gasteiger partial charge >= 0.3 is 12.1 Å². The molecule has 2 bridgehead atoms. The molecule has 5 heterocycles. The Bertz CT molecular complexity index is 2010. The van der Waals surface area contributed by atoms with E-state index >= 15 is 0 Å². The van der Waals surface area contributed by atoms with Crippen LogP contribution in [0.4, 0.5) is 4.79 Å². The second-order valence-electron chi connectivity index (χ2n) is 19.1. The zero-order valence-electron chi connectivity index (χ0n) is 39.8. The Morgan fingerprint density at radius 2 is 1.77 bits per heavy atom. The first-order chi connectivity index (χ1) is 30.8. The summed E-state index contributed by atoms with van der Waals surface area (Å²) in [5.41, 5.74) is 2.86. The molecule has 13 atom stereocenters. The van der Waals surface area contributed by atoms with Gasteiger partial charge in [0.25, 0.3) is 0 Å². The second kappa shape index (κ2) is 21.1. The summed E-state index contributed by atoms with van der Waals surface area (Å²) in [5, 5.41) is 29.4. The molecule has 1 aromatic heterocycles. The van der Waals surface area contributed by atoms with Gasteiger partial charge in [-0.25, -0.2) is 10.3 Å². The van der Waals surface area contributed by atoms with Crippen molar-refractivity contribution in [2.24, 2.45) is 28.7 Å². The summed E-state index contributed by atoms with van der Waals surface area (Å²) in [6, 6.07) is 7.18. The quantitative estimate of drug-likeness (QED) is 0.0751. The van der Waals surface area contributed by atoms with E-state index in [1.807, 2.05) is 72.1 Å². The molecule has 0 unspecified atom stereocenters. The van der Waals surface area contributed by atoms with Gasteiger partial charge in [0.05, 0.1) is 36.6 Å². The van der Waals surface area contributed by atoms with Crippen LogP contribution in [0.1, 0.15) is 106 Å². The highest BCUT2D eigenvalue weighted by atomic mass is 16.7. The summed E-state index contributed by atoms with van der Waals surface area (Å²) in [6.45, 7) is 16.8. The molecule has 18 nitrogen and oxygen atoms in total. The third-order valence-electron chi connectivity index (χ3n) is 14.4. The minimum absolute atomic E-state index is 0.204. The Hall–Kier alpha value is -4.33. The van der Waals surface area contributed by atoms with Crippen molar-refractivity contribution in [1.82, 2.24) is 30.3 Å². The SMILES string of the molecule is CC[C@H]1OC(=O)[C@H](C)C(=O)[C@H](C)[C@@H](O[C@@H]2O[C@H](C)C[C@H](N(C)Cc3ccc(-c4cn(CCCCCC(=O)NO)nn4)cc3)[C@H]2O)[C@@](C)(OC)C[C@@H](C)C2=NCCN3C(=O)O[C@@]1(C)[C@H]3[C@H]2C. The number of hydroxylamine groups is 1. The number of methoxy groups -OCH3 is 1. The predicted octanol–water partition coefficient (Wildman–Crippen LogP) is 4.97. The number of carbonyl (C=O) groups excluding carboxylic acids is 4. The van der Waals surface area contributed by atoms with Crippen LogP contribution in [0.25, 0.3) is 11.3 Å². The summed E-state index contributed by atoms with van der Waals surface area (Å²) in [4.78, 5) is 61.9. The van der Waals surface area contributed by atoms with E-state index in [2.05, 4.69) is 22.1 Å². The lowest BCUT2D eigenvalue weighted by Gasteiger charge is -2.47. The lowest BCUT2D eigenvalue weighted by molar-refractivity contribution is -0.296. The molecule has 3 fully saturated rings. The number of likely N-dealkylation sites (N-methyl/N-ethyl adjacent to an activating group) is 1. The van der Waals surface area contributed by atoms with Crippen molar-refractivity contribution in [2.75, 3.05) is 27.2 Å². The number of hydrogen-bond donors (Lipinski definition) is 3. The molecule has 3 N–H and O–H groups in total. The van der Waals surface area contributed by atoms with Crippen LogP contribution in [-0.4, -0.2) is 146 Å². The van der Waals surface area contributed by atoms with E-state index in [9.17, 15) is 24.3 Å². The summed E-state index contributed by atoms with van der Waals surface area (Å²) < 4.78 is 33.6. The smallest absolute Gasteiger partial charge is 0.410 e. The summed E-state index contributed by atoms with van der Waals surface area (Å²) >= 11 is 0. The molecule has 4 aliphatic heterocycles. The van der Waals surface area contributed by atoms with Gasteiger partial charge in [-0.15, -0.1) is 5.10 Å². The van der Waals surface area contributed by atoms with Crippen molar-refractivity contribution >= 4 is 29.5 Å². The first kappa shape index (κ1) is 50.1. The molecule has 1 aromatic carbocycles. The third-order valence-corrected chi connectivity index (χ3v) is 14.4. The lowest BCUT2D eigenvalue weighted by atomic mass is 9.73. The first-order valence-electron chi connectivity index (χ1n) is 23.3. The number of aliphatic hydroxyl groups excluding tert-OH is 1. The number of rotatable bonds is 14. The van der Waals surface area contributed by atoms with Crippen LogP contribution in [0.3, 0.4) is 0 Å². The number of ether oxygens (including phenoxy) is 5. The third kappa shape index (κ3) is 10.8. The number of fused-ring (bicyclic) bond motifs is 1. The maximum absolute atomic E-state index is 14.5. The summed E-state index contributed by atoms with van der Waals surface area (Å²) in [6.07, 6.45) is 0.877. The zero-order chi connectivity index (χ0) is 47.4. The molecule has 6 rings (SSSR count). The van der Waals surface area contributed by atoms with Crippen molar-refractivity contribution in [3.8, 4) is 11.3 Å². The van der Waals surface area contributed by atoms with Gasteiger partial charge in [-0.3, -0.25) is 39.1 Å². The molecule has 0 spiro atoms. The highest BCUT2D eigenvalue weighted by Gasteiger charge is 2.60. The van der Waals surface area contributed by atoms with Crippen molar-refractivity contribution < 1.29 is 53.2 Å². The first-order valence-corrected chi connectivity index (χ1v) is 23.3. The van der Waals surface area contributed by atoms with E-state index in [-0.39, 0.29) is 36.3 Å². The van der Waals surface area contributed by atoms with Crippen LogP contribution < -0.4 is 5.48 Å². The molecule has 0 aliphatic carbocycles. The van der Waals surface area contributed by atoms with Gasteiger partial charge in [0, 0.05) is 62.3 Å². The molecule has 18 heteroatoms. The number of aliphatic imine (C=N–C) groups is 1. The number of esters is 1. The number of nitrogens with one attached hydrogen (secondary N) is 1. The lowest BCUT2D eigenvalue weighted by Crippen LogP contribution is -2.60. The number of carbonyl (C=O) groups is 4. The van der Waals surface area contributed by atoms with E-state index in [4.69, 9.17) is 33.9 Å². The number of nitrogens with zero attached hydrogens (tertiary/aromatic N) is 6. The molecule has 0 saturated carbocycles. The maximum Gasteiger partial charge on any atom is 0.410 e. The topological polar surface area (TPSA) is 216 Å². The average molecular weight is 910 g/mol. The molecule has 3 saturated heterocycles. The molecular weight excluding hydrogens is 839 g/mol. The highest BCUT2D eigenvalue weighted by Crippen LogP contribution is 2.44. The minimum Gasteiger partial charge on any atom is -0.458 e. The number of amides is 2. The summed E-state index contributed by atoms with van der Waals surface area (Å²) in [7, 11) is 3.53. The van der Waals surface area contributed by atoms with Gasteiger partial charge in [0.15, 0.2) is 17.7 Å². The molecule has 0 radical (unpaired) electrons.